The molecule has 0 saturated carbocycles. The van der Waals surface area contributed by atoms with E-state index >= 15 is 0 Å². The van der Waals surface area contributed by atoms with E-state index in [1.54, 1.807) is 32.0 Å². The van der Waals surface area contributed by atoms with E-state index in [1.807, 2.05) is 24.5 Å². The highest BCUT2D eigenvalue weighted by atomic mass is 35.5. The van der Waals surface area contributed by atoms with Crippen LogP contribution in [-0.2, 0) is 4.74 Å². The summed E-state index contributed by atoms with van der Waals surface area (Å²) in [5.74, 6) is -1.16. The number of benzene rings is 1. The van der Waals surface area contributed by atoms with Gasteiger partial charge >= 0.3 is 5.97 Å². The van der Waals surface area contributed by atoms with Gasteiger partial charge in [0.2, 0.25) is 5.78 Å². The molecule has 8 heteroatoms. The summed E-state index contributed by atoms with van der Waals surface area (Å²) in [5, 5.41) is 0.855. The zero-order valence-corrected chi connectivity index (χ0v) is 19.4. The molecule has 0 bridgehead atoms. The summed E-state index contributed by atoms with van der Waals surface area (Å²) in [7, 11) is 0. The van der Waals surface area contributed by atoms with E-state index in [1.165, 1.54) is 6.92 Å². The maximum absolute atomic E-state index is 12.8. The number of nitrogens with zero attached hydrogens (tertiary/aromatic N) is 1. The fraction of sp³-hybridized carbons (Fsp3) is 0.261. The molecule has 0 unspecified atom stereocenters. The van der Waals surface area contributed by atoms with Crippen molar-refractivity contribution in [2.45, 2.75) is 34.6 Å². The van der Waals surface area contributed by atoms with Gasteiger partial charge in [-0.1, -0.05) is 23.2 Å². The van der Waals surface area contributed by atoms with Gasteiger partial charge in [0.15, 0.2) is 12.4 Å². The standard InChI is InChI=1S/C23H22Cl2N2O4/c1-11-8-17(14(4)27(11)16-6-7-18(24)19(25)9-16)20(29)10-31-23(30)22-12(2)21(15(5)28)13(3)26-22/h6-9,26H,10H2,1-5H3. The second-order valence-corrected chi connectivity index (χ2v) is 8.21. The van der Waals surface area contributed by atoms with Gasteiger partial charge in [-0.3, -0.25) is 9.59 Å². The van der Waals surface area contributed by atoms with Crippen LogP contribution in [0, 0.1) is 27.7 Å². The van der Waals surface area contributed by atoms with Gasteiger partial charge in [0, 0.05) is 33.9 Å². The van der Waals surface area contributed by atoms with Crippen LogP contribution in [0.2, 0.25) is 10.0 Å². The third-order valence-electron chi connectivity index (χ3n) is 5.22. The number of H-pyrrole nitrogens is 1. The minimum atomic E-state index is -0.681. The second kappa shape index (κ2) is 8.73. The van der Waals surface area contributed by atoms with Crippen LogP contribution in [0.15, 0.2) is 24.3 Å². The molecule has 0 radical (unpaired) electrons. The van der Waals surface area contributed by atoms with Crippen molar-refractivity contribution in [3.8, 4) is 5.69 Å². The molecule has 2 aromatic heterocycles. The lowest BCUT2D eigenvalue weighted by Crippen LogP contribution is -2.16. The molecule has 162 valence electrons. The lowest BCUT2D eigenvalue weighted by atomic mass is 10.1. The first-order valence-electron chi connectivity index (χ1n) is 9.57. The number of nitrogens with one attached hydrogen (secondary N) is 1. The van der Waals surface area contributed by atoms with Crippen LogP contribution < -0.4 is 0 Å². The Morgan fingerprint density at radius 1 is 1.03 bits per heavy atom. The smallest absolute Gasteiger partial charge is 0.355 e. The number of Topliss-reactive ketones (excluding diaryl/α,β-unsaturated/α-hetero) is 2. The normalized spacial score (nSPS) is 10.9. The van der Waals surface area contributed by atoms with Gasteiger partial charge in [-0.15, -0.1) is 0 Å². The van der Waals surface area contributed by atoms with E-state index in [-0.39, 0.29) is 17.3 Å². The highest BCUT2D eigenvalue weighted by molar-refractivity contribution is 6.42. The Balaban J connectivity index is 1.80. The van der Waals surface area contributed by atoms with Crippen molar-refractivity contribution >= 4 is 40.7 Å². The van der Waals surface area contributed by atoms with E-state index in [0.717, 1.165) is 11.4 Å². The maximum Gasteiger partial charge on any atom is 0.355 e. The third-order valence-corrected chi connectivity index (χ3v) is 5.96. The van der Waals surface area contributed by atoms with E-state index in [9.17, 15) is 14.4 Å². The Morgan fingerprint density at radius 2 is 1.71 bits per heavy atom. The highest BCUT2D eigenvalue weighted by Crippen LogP contribution is 2.28. The predicted octanol–water partition coefficient (Wildman–Crippen LogP) is 5.59. The Morgan fingerprint density at radius 3 is 2.29 bits per heavy atom. The number of esters is 1. The zero-order valence-electron chi connectivity index (χ0n) is 17.9. The monoisotopic (exact) mass is 460 g/mol. The van der Waals surface area contributed by atoms with Gasteiger partial charge < -0.3 is 14.3 Å². The highest BCUT2D eigenvalue weighted by Gasteiger charge is 2.23. The van der Waals surface area contributed by atoms with Crippen molar-refractivity contribution < 1.29 is 19.1 Å². The summed E-state index contributed by atoms with van der Waals surface area (Å²) in [5.41, 5.74) is 4.49. The number of hydrogen-bond acceptors (Lipinski definition) is 4. The summed E-state index contributed by atoms with van der Waals surface area (Å²) in [6.45, 7) is 8.07. The van der Waals surface area contributed by atoms with Crippen molar-refractivity contribution in [3.05, 3.63) is 73.8 Å². The van der Waals surface area contributed by atoms with Gasteiger partial charge in [-0.05, 0) is 64.4 Å². The SMILES string of the molecule is CC(=O)c1c(C)[nH]c(C(=O)OCC(=O)c2cc(C)n(-c3ccc(Cl)c(Cl)c3)c2C)c1C. The quantitative estimate of drug-likeness (QED) is 0.384. The average molecular weight is 461 g/mol. The molecule has 0 spiro atoms. The number of ketones is 2. The van der Waals surface area contributed by atoms with Gasteiger partial charge in [-0.2, -0.15) is 0 Å². The molecule has 0 aliphatic heterocycles. The average Bonchev–Trinajstić information content (AvgIpc) is 3.16. The number of rotatable bonds is 6. The van der Waals surface area contributed by atoms with Crippen LogP contribution in [0.25, 0.3) is 5.69 Å². The molecule has 6 nitrogen and oxygen atoms in total. The summed E-state index contributed by atoms with van der Waals surface area (Å²) in [6, 6.07) is 6.97. The number of carbonyl (C=O) groups excluding carboxylic acids is 3. The van der Waals surface area contributed by atoms with Gasteiger partial charge in [-0.25, -0.2) is 4.79 Å². The van der Waals surface area contributed by atoms with Crippen molar-refractivity contribution in [3.63, 3.8) is 0 Å². The molecule has 0 aliphatic carbocycles. The minimum Gasteiger partial charge on any atom is -0.453 e. The van der Waals surface area contributed by atoms with Crippen LogP contribution in [0.4, 0.5) is 0 Å². The number of hydrogen-bond donors (Lipinski definition) is 1. The second-order valence-electron chi connectivity index (χ2n) is 7.40. The lowest BCUT2D eigenvalue weighted by Gasteiger charge is -2.11. The van der Waals surface area contributed by atoms with Crippen molar-refractivity contribution in [2.75, 3.05) is 6.61 Å². The molecule has 3 aromatic rings. The first-order chi connectivity index (χ1) is 14.5. The number of ether oxygens (including phenoxy) is 1. The summed E-state index contributed by atoms with van der Waals surface area (Å²) in [6.07, 6.45) is 0. The molecule has 2 heterocycles. The molecule has 0 amide bonds. The Hall–Kier alpha value is -2.83. The lowest BCUT2D eigenvalue weighted by molar-refractivity contribution is 0.0468. The molecular weight excluding hydrogens is 439 g/mol. The fourth-order valence-electron chi connectivity index (χ4n) is 3.83. The van der Waals surface area contributed by atoms with E-state index < -0.39 is 12.6 Å². The summed E-state index contributed by atoms with van der Waals surface area (Å²) >= 11 is 12.1. The zero-order chi connectivity index (χ0) is 23.0. The minimum absolute atomic E-state index is 0.142. The largest absolute Gasteiger partial charge is 0.453 e. The molecule has 0 aliphatic rings. The number of halogens is 2. The molecule has 0 fully saturated rings. The van der Waals surface area contributed by atoms with Crippen molar-refractivity contribution in [2.24, 2.45) is 0 Å². The number of aryl methyl sites for hydroxylation is 2. The van der Waals surface area contributed by atoms with E-state index in [4.69, 9.17) is 27.9 Å². The molecule has 1 N–H and O–H groups in total. The Bertz CT molecular complexity index is 1220. The molecule has 0 saturated heterocycles. The van der Waals surface area contributed by atoms with Crippen molar-refractivity contribution in [1.82, 2.24) is 9.55 Å². The molecule has 31 heavy (non-hydrogen) atoms. The number of aromatic amines is 1. The molecule has 3 rings (SSSR count). The van der Waals surface area contributed by atoms with E-state index in [0.29, 0.717) is 38.1 Å². The topological polar surface area (TPSA) is 81.2 Å². The molecule has 0 atom stereocenters. The fourth-order valence-corrected chi connectivity index (χ4v) is 4.12. The number of carbonyl (C=O) groups is 3. The molecule has 1 aromatic carbocycles. The van der Waals surface area contributed by atoms with Gasteiger partial charge in [0.25, 0.3) is 0 Å². The van der Waals surface area contributed by atoms with Crippen LogP contribution in [0.1, 0.15) is 60.8 Å². The third kappa shape index (κ3) is 4.31. The van der Waals surface area contributed by atoms with Gasteiger partial charge in [0.05, 0.1) is 10.0 Å². The Kier molecular flexibility index (Phi) is 6.43. The van der Waals surface area contributed by atoms with Crippen LogP contribution in [0.5, 0.6) is 0 Å². The predicted molar refractivity (Wildman–Crippen MR) is 120 cm³/mol. The van der Waals surface area contributed by atoms with Crippen molar-refractivity contribution in [1.29, 1.82) is 0 Å². The first kappa shape index (κ1) is 22.8. The van der Waals surface area contributed by atoms with Crippen LogP contribution in [0.3, 0.4) is 0 Å². The Labute approximate surface area is 190 Å². The van der Waals surface area contributed by atoms with Crippen LogP contribution >= 0.6 is 23.2 Å². The maximum atomic E-state index is 12.8. The number of aromatic nitrogens is 2. The van der Waals surface area contributed by atoms with E-state index in [2.05, 4.69) is 4.98 Å². The van der Waals surface area contributed by atoms with Gasteiger partial charge in [0.1, 0.15) is 5.69 Å². The summed E-state index contributed by atoms with van der Waals surface area (Å²) in [4.78, 5) is 39.9. The summed E-state index contributed by atoms with van der Waals surface area (Å²) < 4.78 is 7.12. The molecular formula is C23H22Cl2N2O4. The first-order valence-corrected chi connectivity index (χ1v) is 10.3. The van der Waals surface area contributed by atoms with Crippen LogP contribution in [-0.4, -0.2) is 33.7 Å².